The number of benzene rings is 2. The number of phenolic OH excluding ortho intramolecular Hbond substituents is 1. The standard InChI is InChI=1S/C16H18ClNO2/c1-18(12-7-9-13(19)10-8-12)11-15(17)14-5-3-4-6-16(14)20-2/h3-10,15,19H,11H2,1-2H3. The molecule has 2 aromatic rings. The third kappa shape index (κ3) is 3.36. The Kier molecular flexibility index (Phi) is 4.74. The Morgan fingerprint density at radius 1 is 1.15 bits per heavy atom. The molecule has 106 valence electrons. The van der Waals surface area contributed by atoms with Crippen LogP contribution in [0.15, 0.2) is 48.5 Å². The Morgan fingerprint density at radius 3 is 2.45 bits per heavy atom. The maximum atomic E-state index is 9.31. The summed E-state index contributed by atoms with van der Waals surface area (Å²) in [5, 5.41) is 9.13. The van der Waals surface area contributed by atoms with E-state index in [1.165, 1.54) is 0 Å². The summed E-state index contributed by atoms with van der Waals surface area (Å²) in [7, 11) is 3.61. The number of anilines is 1. The molecule has 2 rings (SSSR count). The molecule has 3 nitrogen and oxygen atoms in total. The zero-order chi connectivity index (χ0) is 14.5. The van der Waals surface area contributed by atoms with E-state index >= 15 is 0 Å². The van der Waals surface area contributed by atoms with Crippen molar-refractivity contribution in [2.45, 2.75) is 5.38 Å². The lowest BCUT2D eigenvalue weighted by atomic mass is 10.1. The van der Waals surface area contributed by atoms with Crippen LogP contribution in [0, 0.1) is 0 Å². The maximum Gasteiger partial charge on any atom is 0.123 e. The van der Waals surface area contributed by atoms with E-state index in [1.807, 2.05) is 48.3 Å². The van der Waals surface area contributed by atoms with Crippen LogP contribution in [0.3, 0.4) is 0 Å². The topological polar surface area (TPSA) is 32.7 Å². The van der Waals surface area contributed by atoms with Gasteiger partial charge in [-0.15, -0.1) is 11.6 Å². The number of methoxy groups -OCH3 is 1. The Balaban J connectivity index is 2.10. The van der Waals surface area contributed by atoms with Crippen LogP contribution < -0.4 is 9.64 Å². The molecule has 0 spiro atoms. The van der Waals surface area contributed by atoms with Crippen LogP contribution in [0.2, 0.25) is 0 Å². The van der Waals surface area contributed by atoms with Crippen molar-refractivity contribution in [3.05, 3.63) is 54.1 Å². The monoisotopic (exact) mass is 291 g/mol. The quantitative estimate of drug-likeness (QED) is 0.850. The minimum atomic E-state index is -0.176. The van der Waals surface area contributed by atoms with E-state index in [2.05, 4.69) is 0 Å². The maximum absolute atomic E-state index is 9.31. The van der Waals surface area contributed by atoms with Crippen molar-refractivity contribution in [2.24, 2.45) is 0 Å². The lowest BCUT2D eigenvalue weighted by Gasteiger charge is -2.23. The number of aromatic hydroxyl groups is 1. The number of likely N-dealkylation sites (N-methyl/N-ethyl adjacent to an activating group) is 1. The highest BCUT2D eigenvalue weighted by molar-refractivity contribution is 6.21. The van der Waals surface area contributed by atoms with E-state index < -0.39 is 0 Å². The first-order valence-electron chi connectivity index (χ1n) is 6.39. The van der Waals surface area contributed by atoms with Gasteiger partial charge < -0.3 is 14.7 Å². The van der Waals surface area contributed by atoms with Gasteiger partial charge in [-0.1, -0.05) is 18.2 Å². The molecule has 0 radical (unpaired) electrons. The lowest BCUT2D eigenvalue weighted by molar-refractivity contribution is 0.409. The summed E-state index contributed by atoms with van der Waals surface area (Å²) in [5.41, 5.74) is 1.98. The molecule has 0 amide bonds. The first kappa shape index (κ1) is 14.5. The van der Waals surface area contributed by atoms with Crippen molar-refractivity contribution in [3.63, 3.8) is 0 Å². The summed E-state index contributed by atoms with van der Waals surface area (Å²) in [4.78, 5) is 2.05. The molecule has 0 fully saturated rings. The Labute approximate surface area is 124 Å². The van der Waals surface area contributed by atoms with Crippen LogP contribution in [0.25, 0.3) is 0 Å². The Hall–Kier alpha value is -1.87. The number of hydrogen-bond donors (Lipinski definition) is 1. The molecule has 1 atom stereocenters. The fourth-order valence-electron chi connectivity index (χ4n) is 2.08. The highest BCUT2D eigenvalue weighted by Crippen LogP contribution is 2.31. The molecule has 0 aliphatic rings. The summed E-state index contributed by atoms with van der Waals surface area (Å²) in [6, 6.07) is 14.8. The van der Waals surface area contributed by atoms with Gasteiger partial charge in [0.1, 0.15) is 11.5 Å². The van der Waals surface area contributed by atoms with E-state index in [9.17, 15) is 5.11 Å². The first-order valence-corrected chi connectivity index (χ1v) is 6.82. The highest BCUT2D eigenvalue weighted by Gasteiger charge is 2.15. The number of para-hydroxylation sites is 1. The van der Waals surface area contributed by atoms with Gasteiger partial charge in [-0.05, 0) is 30.3 Å². The first-order chi connectivity index (χ1) is 9.61. The summed E-state index contributed by atoms with van der Waals surface area (Å²) in [6.07, 6.45) is 0. The molecule has 1 N–H and O–H groups in total. The zero-order valence-electron chi connectivity index (χ0n) is 11.6. The molecule has 2 aromatic carbocycles. The van der Waals surface area contributed by atoms with Crippen molar-refractivity contribution in [3.8, 4) is 11.5 Å². The van der Waals surface area contributed by atoms with Gasteiger partial charge in [-0.2, -0.15) is 0 Å². The molecule has 0 saturated carbocycles. The molecule has 1 unspecified atom stereocenters. The summed E-state index contributed by atoms with van der Waals surface area (Å²) >= 11 is 6.50. The largest absolute Gasteiger partial charge is 0.508 e. The van der Waals surface area contributed by atoms with Crippen molar-refractivity contribution in [1.82, 2.24) is 0 Å². The van der Waals surface area contributed by atoms with Crippen molar-refractivity contribution >= 4 is 17.3 Å². The SMILES string of the molecule is COc1ccccc1C(Cl)CN(C)c1ccc(O)cc1. The van der Waals surface area contributed by atoms with E-state index in [0.29, 0.717) is 6.54 Å². The van der Waals surface area contributed by atoms with Crippen molar-refractivity contribution in [1.29, 1.82) is 0 Å². The lowest BCUT2D eigenvalue weighted by Crippen LogP contribution is -2.22. The van der Waals surface area contributed by atoms with Gasteiger partial charge in [-0.25, -0.2) is 0 Å². The molecular weight excluding hydrogens is 274 g/mol. The second-order valence-corrected chi connectivity index (χ2v) is 5.13. The van der Waals surface area contributed by atoms with Crippen LogP contribution in [-0.2, 0) is 0 Å². The summed E-state index contributed by atoms with van der Waals surface area (Å²) in [6.45, 7) is 0.646. The van der Waals surface area contributed by atoms with E-state index in [-0.39, 0.29) is 11.1 Å². The minimum absolute atomic E-state index is 0.176. The average Bonchev–Trinajstić information content (AvgIpc) is 2.47. The molecule has 0 bridgehead atoms. The molecule has 0 saturated heterocycles. The Bertz CT molecular complexity index is 557. The number of alkyl halides is 1. The third-order valence-electron chi connectivity index (χ3n) is 3.20. The number of hydrogen-bond acceptors (Lipinski definition) is 3. The van der Waals surface area contributed by atoms with E-state index in [1.54, 1.807) is 19.2 Å². The number of nitrogens with zero attached hydrogens (tertiary/aromatic N) is 1. The van der Waals surface area contributed by atoms with Gasteiger partial charge in [0.25, 0.3) is 0 Å². The Morgan fingerprint density at radius 2 is 1.80 bits per heavy atom. The van der Waals surface area contributed by atoms with Gasteiger partial charge in [0.05, 0.1) is 12.5 Å². The van der Waals surface area contributed by atoms with Crippen molar-refractivity contribution < 1.29 is 9.84 Å². The summed E-state index contributed by atoms with van der Waals surface area (Å²) in [5.74, 6) is 1.06. The summed E-state index contributed by atoms with van der Waals surface area (Å²) < 4.78 is 5.33. The molecule has 0 aliphatic heterocycles. The third-order valence-corrected chi connectivity index (χ3v) is 3.57. The van der Waals surface area contributed by atoms with Crippen molar-refractivity contribution in [2.75, 3.05) is 25.6 Å². The molecule has 0 heterocycles. The van der Waals surface area contributed by atoms with Gasteiger partial charge in [0.2, 0.25) is 0 Å². The normalized spacial score (nSPS) is 11.9. The van der Waals surface area contributed by atoms with Crippen LogP contribution in [0.5, 0.6) is 11.5 Å². The zero-order valence-corrected chi connectivity index (χ0v) is 12.3. The van der Waals surface area contributed by atoms with Gasteiger partial charge in [0.15, 0.2) is 0 Å². The van der Waals surface area contributed by atoms with Crippen LogP contribution >= 0.6 is 11.6 Å². The highest BCUT2D eigenvalue weighted by atomic mass is 35.5. The fourth-order valence-corrected chi connectivity index (χ4v) is 2.46. The van der Waals surface area contributed by atoms with Gasteiger partial charge >= 0.3 is 0 Å². The van der Waals surface area contributed by atoms with E-state index in [0.717, 1.165) is 17.0 Å². The number of ether oxygens (including phenoxy) is 1. The average molecular weight is 292 g/mol. The molecule has 20 heavy (non-hydrogen) atoms. The fraction of sp³-hybridized carbons (Fsp3) is 0.250. The molecule has 4 heteroatoms. The van der Waals surface area contributed by atoms with Crippen LogP contribution in [0.1, 0.15) is 10.9 Å². The predicted molar refractivity (Wildman–Crippen MR) is 83.0 cm³/mol. The molecule has 0 aromatic heterocycles. The number of phenols is 1. The van der Waals surface area contributed by atoms with Gasteiger partial charge in [-0.3, -0.25) is 0 Å². The number of rotatable bonds is 5. The number of halogens is 1. The van der Waals surface area contributed by atoms with E-state index in [4.69, 9.17) is 16.3 Å². The second kappa shape index (κ2) is 6.53. The van der Waals surface area contributed by atoms with Crippen LogP contribution in [0.4, 0.5) is 5.69 Å². The van der Waals surface area contributed by atoms with Crippen LogP contribution in [-0.4, -0.2) is 25.8 Å². The molecule has 0 aliphatic carbocycles. The smallest absolute Gasteiger partial charge is 0.123 e. The second-order valence-electron chi connectivity index (χ2n) is 4.61. The minimum Gasteiger partial charge on any atom is -0.508 e. The van der Waals surface area contributed by atoms with Gasteiger partial charge in [0, 0.05) is 24.8 Å². The molecular formula is C16H18ClNO2. The predicted octanol–water partition coefficient (Wildman–Crippen LogP) is 3.82.